The number of nitrogens with zero attached hydrogens (tertiary/aromatic N) is 2. The van der Waals surface area contributed by atoms with E-state index in [0.29, 0.717) is 31.6 Å². The minimum Gasteiger partial charge on any atom is -0.389 e. The largest absolute Gasteiger partial charge is 0.389 e. The number of benzene rings is 1. The zero-order valence-electron chi connectivity index (χ0n) is 16.9. The summed E-state index contributed by atoms with van der Waals surface area (Å²) in [6, 6.07) is 11.4. The fourth-order valence-corrected chi connectivity index (χ4v) is 4.94. The monoisotopic (exact) mass is 428 g/mol. The highest BCUT2D eigenvalue weighted by molar-refractivity contribution is 7.08. The van der Waals surface area contributed by atoms with Crippen LogP contribution in [0, 0.1) is 0 Å². The molecule has 1 aromatic heterocycles. The molecule has 0 bridgehead atoms. The molecule has 2 aromatic rings. The van der Waals surface area contributed by atoms with E-state index < -0.39 is 11.6 Å². The number of amides is 2. The lowest BCUT2D eigenvalue weighted by atomic mass is 9.78. The van der Waals surface area contributed by atoms with E-state index >= 15 is 0 Å². The fourth-order valence-electron chi connectivity index (χ4n) is 4.30. The molecule has 1 aromatic carbocycles. The maximum Gasteiger partial charge on any atom is 0.252 e. The summed E-state index contributed by atoms with van der Waals surface area (Å²) in [6.07, 6.45) is -0.296. The molecule has 2 aliphatic heterocycles. The lowest BCUT2D eigenvalue weighted by Crippen LogP contribution is -2.63. The van der Waals surface area contributed by atoms with Crippen molar-refractivity contribution in [3.63, 3.8) is 0 Å². The molecule has 0 aliphatic carbocycles. The molecule has 7 nitrogen and oxygen atoms in total. The van der Waals surface area contributed by atoms with Gasteiger partial charge in [0, 0.05) is 44.6 Å². The summed E-state index contributed by atoms with van der Waals surface area (Å²) >= 11 is 1.47. The molecule has 4 rings (SSSR count). The molecular weight excluding hydrogens is 400 g/mol. The van der Waals surface area contributed by atoms with Gasteiger partial charge in [0.2, 0.25) is 5.91 Å². The van der Waals surface area contributed by atoms with Crippen molar-refractivity contribution in [2.45, 2.75) is 18.1 Å². The van der Waals surface area contributed by atoms with E-state index in [2.05, 4.69) is 10.6 Å². The number of likely N-dealkylation sites (tertiary alicyclic amines) is 1. The Kier molecular flexibility index (Phi) is 6.48. The first kappa shape index (κ1) is 21.0. The predicted octanol–water partition coefficient (Wildman–Crippen LogP) is 0.872. The van der Waals surface area contributed by atoms with Crippen LogP contribution in [0.25, 0.3) is 0 Å². The molecule has 2 saturated heterocycles. The standard InChI is InChI=1S/C22H28N4O3S/c27-19-14-25(15-20(28)26-11-8-23-9-12-26)10-7-22(19,18-4-2-1-3-5-18)24-21(29)17-6-13-30-16-17/h1-6,13,16,19,23,27H,7-12,14-15H2,(H,24,29)/t19-,22+/m1/s1. The number of piperazine rings is 1. The van der Waals surface area contributed by atoms with Crippen LogP contribution in [0.4, 0.5) is 0 Å². The Morgan fingerprint density at radius 2 is 1.93 bits per heavy atom. The van der Waals surface area contributed by atoms with Crippen molar-refractivity contribution < 1.29 is 14.7 Å². The number of thiophene rings is 1. The van der Waals surface area contributed by atoms with Gasteiger partial charge in [-0.1, -0.05) is 30.3 Å². The van der Waals surface area contributed by atoms with Gasteiger partial charge in [0.15, 0.2) is 0 Å². The Balaban J connectivity index is 1.49. The van der Waals surface area contributed by atoms with Crippen LogP contribution in [-0.2, 0) is 10.3 Å². The molecule has 2 atom stereocenters. The molecular formula is C22H28N4O3S. The average molecular weight is 429 g/mol. The predicted molar refractivity (Wildman–Crippen MR) is 116 cm³/mol. The maximum absolute atomic E-state index is 12.9. The number of nitrogens with one attached hydrogen (secondary N) is 2. The highest BCUT2D eigenvalue weighted by Gasteiger charge is 2.45. The van der Waals surface area contributed by atoms with E-state index in [-0.39, 0.29) is 11.8 Å². The summed E-state index contributed by atoms with van der Waals surface area (Å²) in [6.45, 7) is 4.32. The van der Waals surface area contributed by atoms with Gasteiger partial charge in [0.05, 0.1) is 23.8 Å². The van der Waals surface area contributed by atoms with Gasteiger partial charge < -0.3 is 20.6 Å². The average Bonchev–Trinajstić information content (AvgIpc) is 3.32. The van der Waals surface area contributed by atoms with Crippen molar-refractivity contribution in [1.29, 1.82) is 0 Å². The second-order valence-electron chi connectivity index (χ2n) is 7.94. The summed E-state index contributed by atoms with van der Waals surface area (Å²) in [5.74, 6) is -0.0947. The normalized spacial score (nSPS) is 25.1. The molecule has 30 heavy (non-hydrogen) atoms. The van der Waals surface area contributed by atoms with Crippen molar-refractivity contribution in [3.05, 3.63) is 58.3 Å². The number of carbonyl (C=O) groups excluding carboxylic acids is 2. The third-order valence-electron chi connectivity index (χ3n) is 6.06. The summed E-state index contributed by atoms with van der Waals surface area (Å²) in [5.41, 5.74) is 0.600. The van der Waals surface area contributed by atoms with E-state index in [1.165, 1.54) is 11.3 Å². The molecule has 2 amide bonds. The van der Waals surface area contributed by atoms with E-state index in [0.717, 1.165) is 31.7 Å². The van der Waals surface area contributed by atoms with Crippen molar-refractivity contribution in [2.24, 2.45) is 0 Å². The zero-order chi connectivity index (χ0) is 21.0. The van der Waals surface area contributed by atoms with Gasteiger partial charge in [-0.2, -0.15) is 11.3 Å². The van der Waals surface area contributed by atoms with E-state index in [1.807, 2.05) is 50.9 Å². The Morgan fingerprint density at radius 3 is 2.60 bits per heavy atom. The van der Waals surface area contributed by atoms with Crippen LogP contribution in [0.3, 0.4) is 0 Å². The Morgan fingerprint density at radius 1 is 1.17 bits per heavy atom. The van der Waals surface area contributed by atoms with Crippen LogP contribution in [-0.4, -0.2) is 78.6 Å². The minimum absolute atomic E-state index is 0.0956. The number of rotatable bonds is 5. The van der Waals surface area contributed by atoms with Gasteiger partial charge in [0.1, 0.15) is 0 Å². The quantitative estimate of drug-likeness (QED) is 0.658. The number of β-amino-alcohol motifs (C(OH)–C–C–N with tert-alkyl or cyclic N) is 1. The summed E-state index contributed by atoms with van der Waals surface area (Å²) in [7, 11) is 0. The number of hydrogen-bond acceptors (Lipinski definition) is 6. The smallest absolute Gasteiger partial charge is 0.252 e. The molecule has 2 aliphatic rings. The molecule has 8 heteroatoms. The third kappa shape index (κ3) is 4.41. The van der Waals surface area contributed by atoms with Gasteiger partial charge >= 0.3 is 0 Å². The molecule has 0 saturated carbocycles. The number of aliphatic hydroxyl groups excluding tert-OH is 1. The van der Waals surface area contributed by atoms with Crippen LogP contribution >= 0.6 is 11.3 Å². The van der Waals surface area contributed by atoms with E-state index in [1.54, 1.807) is 6.07 Å². The Bertz CT molecular complexity index is 855. The minimum atomic E-state index is -0.880. The highest BCUT2D eigenvalue weighted by atomic mass is 32.1. The molecule has 0 radical (unpaired) electrons. The highest BCUT2D eigenvalue weighted by Crippen LogP contribution is 2.34. The van der Waals surface area contributed by atoms with Crippen molar-refractivity contribution in [3.8, 4) is 0 Å². The second kappa shape index (κ2) is 9.26. The number of aliphatic hydroxyl groups is 1. The van der Waals surface area contributed by atoms with Crippen molar-refractivity contribution in [1.82, 2.24) is 20.4 Å². The third-order valence-corrected chi connectivity index (χ3v) is 6.74. The van der Waals surface area contributed by atoms with Gasteiger partial charge in [-0.25, -0.2) is 0 Å². The van der Waals surface area contributed by atoms with Crippen LogP contribution in [0.15, 0.2) is 47.2 Å². The molecule has 3 N–H and O–H groups in total. The van der Waals surface area contributed by atoms with Gasteiger partial charge in [-0.15, -0.1) is 0 Å². The first-order chi connectivity index (χ1) is 14.6. The van der Waals surface area contributed by atoms with Crippen molar-refractivity contribution in [2.75, 3.05) is 45.8 Å². The lowest BCUT2D eigenvalue weighted by molar-refractivity contribution is -0.134. The first-order valence-electron chi connectivity index (χ1n) is 10.4. The summed E-state index contributed by atoms with van der Waals surface area (Å²) < 4.78 is 0. The zero-order valence-corrected chi connectivity index (χ0v) is 17.7. The van der Waals surface area contributed by atoms with Crippen LogP contribution in [0.2, 0.25) is 0 Å². The van der Waals surface area contributed by atoms with E-state index in [4.69, 9.17) is 0 Å². The van der Waals surface area contributed by atoms with Crippen LogP contribution < -0.4 is 10.6 Å². The molecule has 160 valence electrons. The number of hydrogen-bond donors (Lipinski definition) is 3. The van der Waals surface area contributed by atoms with Gasteiger partial charge in [0.25, 0.3) is 5.91 Å². The molecule has 2 fully saturated rings. The summed E-state index contributed by atoms with van der Waals surface area (Å²) in [5, 5.41) is 21.3. The fraction of sp³-hybridized carbons (Fsp3) is 0.455. The first-order valence-corrected chi connectivity index (χ1v) is 11.3. The van der Waals surface area contributed by atoms with Crippen LogP contribution in [0.5, 0.6) is 0 Å². The Hall–Kier alpha value is -2.26. The van der Waals surface area contributed by atoms with E-state index in [9.17, 15) is 14.7 Å². The second-order valence-corrected chi connectivity index (χ2v) is 8.72. The number of carbonyl (C=O) groups is 2. The molecule has 3 heterocycles. The summed E-state index contributed by atoms with van der Waals surface area (Å²) in [4.78, 5) is 29.4. The van der Waals surface area contributed by atoms with Gasteiger partial charge in [-0.05, 0) is 23.4 Å². The SMILES string of the molecule is O=C(N[C@]1(c2ccccc2)CCN(CC(=O)N2CCNCC2)C[C@H]1O)c1ccsc1. The number of piperidine rings is 1. The topological polar surface area (TPSA) is 84.9 Å². The molecule has 0 spiro atoms. The molecule has 0 unspecified atom stereocenters. The van der Waals surface area contributed by atoms with Crippen LogP contribution in [0.1, 0.15) is 22.3 Å². The lowest BCUT2D eigenvalue weighted by Gasteiger charge is -2.46. The van der Waals surface area contributed by atoms with Crippen molar-refractivity contribution >= 4 is 23.2 Å². The van der Waals surface area contributed by atoms with Gasteiger partial charge in [-0.3, -0.25) is 14.5 Å². The maximum atomic E-state index is 12.9. The Labute approximate surface area is 180 Å².